The Morgan fingerprint density at radius 3 is 2.83 bits per heavy atom. The molecule has 2 aromatic rings. The molecule has 0 spiro atoms. The lowest BCUT2D eigenvalue weighted by atomic mass is 10.1. The summed E-state index contributed by atoms with van der Waals surface area (Å²) in [6.45, 7) is 6.76. The SMILES string of the molecule is CCc1cc(=O)oc2cc(C)cc(OCC(=O)N3CCCC3C)c12. The van der Waals surface area contributed by atoms with Crippen molar-refractivity contribution in [2.75, 3.05) is 13.2 Å². The molecule has 0 bridgehead atoms. The van der Waals surface area contributed by atoms with Crippen molar-refractivity contribution < 1.29 is 13.9 Å². The fraction of sp³-hybridized carbons (Fsp3) is 0.474. The van der Waals surface area contributed by atoms with Gasteiger partial charge in [-0.2, -0.15) is 0 Å². The van der Waals surface area contributed by atoms with Crippen molar-refractivity contribution in [3.63, 3.8) is 0 Å². The van der Waals surface area contributed by atoms with Gasteiger partial charge in [-0.3, -0.25) is 4.79 Å². The van der Waals surface area contributed by atoms with E-state index in [0.29, 0.717) is 17.8 Å². The van der Waals surface area contributed by atoms with Gasteiger partial charge in [0, 0.05) is 18.7 Å². The van der Waals surface area contributed by atoms with Crippen LogP contribution < -0.4 is 10.4 Å². The summed E-state index contributed by atoms with van der Waals surface area (Å²) in [6, 6.07) is 5.49. The van der Waals surface area contributed by atoms with Gasteiger partial charge in [0.15, 0.2) is 6.61 Å². The molecule has 1 amide bonds. The van der Waals surface area contributed by atoms with Crippen molar-refractivity contribution >= 4 is 16.9 Å². The third-order valence-electron chi connectivity index (χ3n) is 4.64. The second-order valence-electron chi connectivity index (χ2n) is 6.45. The number of rotatable bonds is 4. The number of likely N-dealkylation sites (tertiary alicyclic amines) is 1. The first-order valence-corrected chi connectivity index (χ1v) is 8.49. The number of carbonyl (C=O) groups is 1. The van der Waals surface area contributed by atoms with Crippen LogP contribution in [-0.2, 0) is 11.2 Å². The quantitative estimate of drug-likeness (QED) is 0.809. The number of benzene rings is 1. The molecule has 0 radical (unpaired) electrons. The molecule has 24 heavy (non-hydrogen) atoms. The highest BCUT2D eigenvalue weighted by Crippen LogP contribution is 2.30. The smallest absolute Gasteiger partial charge is 0.336 e. The Morgan fingerprint density at radius 2 is 2.17 bits per heavy atom. The first-order valence-electron chi connectivity index (χ1n) is 8.49. The molecule has 1 aliphatic rings. The van der Waals surface area contributed by atoms with Crippen LogP contribution in [0.25, 0.3) is 11.0 Å². The fourth-order valence-corrected chi connectivity index (χ4v) is 3.39. The maximum Gasteiger partial charge on any atom is 0.336 e. The first-order chi connectivity index (χ1) is 11.5. The Labute approximate surface area is 141 Å². The van der Waals surface area contributed by atoms with Crippen LogP contribution in [0.3, 0.4) is 0 Å². The van der Waals surface area contributed by atoms with Gasteiger partial charge in [0.05, 0.1) is 5.39 Å². The molecule has 5 heteroatoms. The maximum absolute atomic E-state index is 12.4. The van der Waals surface area contributed by atoms with Gasteiger partial charge in [0.2, 0.25) is 0 Å². The number of hydrogen-bond donors (Lipinski definition) is 0. The number of ether oxygens (including phenoxy) is 1. The van der Waals surface area contributed by atoms with Crippen molar-refractivity contribution in [1.82, 2.24) is 4.90 Å². The second kappa shape index (κ2) is 6.67. The van der Waals surface area contributed by atoms with Gasteiger partial charge in [-0.05, 0) is 56.4 Å². The molecule has 1 fully saturated rings. The standard InChI is InChI=1S/C19H23NO4/c1-4-14-10-18(22)24-16-9-12(2)8-15(19(14)16)23-11-17(21)20-7-5-6-13(20)3/h8-10,13H,4-7,11H2,1-3H3. The number of nitrogens with zero attached hydrogens (tertiary/aromatic N) is 1. The largest absolute Gasteiger partial charge is 0.483 e. The molecule has 5 nitrogen and oxygen atoms in total. The van der Waals surface area contributed by atoms with Gasteiger partial charge in [-0.15, -0.1) is 0 Å². The zero-order chi connectivity index (χ0) is 17.3. The summed E-state index contributed by atoms with van der Waals surface area (Å²) in [6.07, 6.45) is 2.79. The second-order valence-corrected chi connectivity index (χ2v) is 6.45. The fourth-order valence-electron chi connectivity index (χ4n) is 3.39. The number of amides is 1. The third kappa shape index (κ3) is 3.16. The predicted octanol–water partition coefficient (Wildman–Crippen LogP) is 3.05. The summed E-state index contributed by atoms with van der Waals surface area (Å²) in [5, 5.41) is 0.782. The number of carbonyl (C=O) groups excluding carboxylic acids is 1. The van der Waals surface area contributed by atoms with Crippen LogP contribution in [0.5, 0.6) is 5.75 Å². The molecular weight excluding hydrogens is 306 g/mol. The minimum absolute atomic E-state index is 0.00471. The summed E-state index contributed by atoms with van der Waals surface area (Å²) in [7, 11) is 0. The average molecular weight is 329 g/mol. The lowest BCUT2D eigenvalue weighted by Crippen LogP contribution is -2.37. The average Bonchev–Trinajstić information content (AvgIpc) is 2.97. The van der Waals surface area contributed by atoms with Crippen LogP contribution in [-0.4, -0.2) is 30.0 Å². The maximum atomic E-state index is 12.4. The van der Waals surface area contributed by atoms with Crippen LogP contribution in [0.15, 0.2) is 27.4 Å². The van der Waals surface area contributed by atoms with Crippen molar-refractivity contribution in [3.8, 4) is 5.75 Å². The number of aryl methyl sites for hydroxylation is 2. The van der Waals surface area contributed by atoms with Gasteiger partial charge in [0.1, 0.15) is 11.3 Å². The molecule has 1 aliphatic heterocycles. The molecule has 1 aromatic carbocycles. The van der Waals surface area contributed by atoms with Gasteiger partial charge in [-0.1, -0.05) is 6.92 Å². The number of hydrogen-bond acceptors (Lipinski definition) is 4. The topological polar surface area (TPSA) is 59.8 Å². The molecule has 0 N–H and O–H groups in total. The predicted molar refractivity (Wildman–Crippen MR) is 92.5 cm³/mol. The van der Waals surface area contributed by atoms with Crippen molar-refractivity contribution in [1.29, 1.82) is 0 Å². The van der Waals surface area contributed by atoms with Crippen LogP contribution in [0.4, 0.5) is 0 Å². The van der Waals surface area contributed by atoms with Crippen LogP contribution >= 0.6 is 0 Å². The van der Waals surface area contributed by atoms with E-state index in [0.717, 1.165) is 35.9 Å². The molecule has 2 heterocycles. The Bertz CT molecular complexity index is 824. The molecule has 0 saturated carbocycles. The first kappa shape index (κ1) is 16.6. The highest BCUT2D eigenvalue weighted by Gasteiger charge is 2.25. The molecule has 128 valence electrons. The van der Waals surface area contributed by atoms with E-state index < -0.39 is 0 Å². The van der Waals surface area contributed by atoms with E-state index in [-0.39, 0.29) is 24.2 Å². The zero-order valence-electron chi connectivity index (χ0n) is 14.4. The molecule has 1 aromatic heterocycles. The normalized spacial score (nSPS) is 17.5. The van der Waals surface area contributed by atoms with Gasteiger partial charge in [0.25, 0.3) is 5.91 Å². The summed E-state index contributed by atoms with van der Waals surface area (Å²) in [5.41, 5.74) is 1.95. The van der Waals surface area contributed by atoms with Crippen LogP contribution in [0, 0.1) is 6.92 Å². The zero-order valence-corrected chi connectivity index (χ0v) is 14.4. The summed E-state index contributed by atoms with van der Waals surface area (Å²) in [5.74, 6) is 0.607. The van der Waals surface area contributed by atoms with E-state index in [1.807, 2.05) is 30.9 Å². The van der Waals surface area contributed by atoms with Gasteiger partial charge in [-0.25, -0.2) is 4.79 Å². The monoisotopic (exact) mass is 329 g/mol. The van der Waals surface area contributed by atoms with E-state index in [9.17, 15) is 9.59 Å². The van der Waals surface area contributed by atoms with Crippen molar-refractivity contribution in [2.24, 2.45) is 0 Å². The van der Waals surface area contributed by atoms with Crippen LogP contribution in [0.1, 0.15) is 37.8 Å². The Hall–Kier alpha value is -2.30. The van der Waals surface area contributed by atoms with E-state index in [4.69, 9.17) is 9.15 Å². The summed E-state index contributed by atoms with van der Waals surface area (Å²) < 4.78 is 11.2. The molecular formula is C19H23NO4. The third-order valence-corrected chi connectivity index (χ3v) is 4.64. The van der Waals surface area contributed by atoms with Gasteiger partial charge >= 0.3 is 5.63 Å². The Morgan fingerprint density at radius 1 is 1.38 bits per heavy atom. The number of fused-ring (bicyclic) bond motifs is 1. The lowest BCUT2D eigenvalue weighted by molar-refractivity contribution is -0.133. The minimum atomic E-state index is -0.363. The molecule has 1 saturated heterocycles. The highest BCUT2D eigenvalue weighted by molar-refractivity contribution is 5.88. The lowest BCUT2D eigenvalue weighted by Gasteiger charge is -2.21. The van der Waals surface area contributed by atoms with E-state index in [2.05, 4.69) is 6.92 Å². The Kier molecular flexibility index (Phi) is 4.60. The summed E-state index contributed by atoms with van der Waals surface area (Å²) in [4.78, 5) is 26.0. The van der Waals surface area contributed by atoms with E-state index >= 15 is 0 Å². The molecule has 3 rings (SSSR count). The van der Waals surface area contributed by atoms with Gasteiger partial charge < -0.3 is 14.1 Å². The minimum Gasteiger partial charge on any atom is -0.483 e. The Balaban J connectivity index is 1.91. The van der Waals surface area contributed by atoms with E-state index in [1.54, 1.807) is 0 Å². The van der Waals surface area contributed by atoms with E-state index in [1.165, 1.54) is 6.07 Å². The van der Waals surface area contributed by atoms with Crippen molar-refractivity contribution in [2.45, 2.75) is 46.1 Å². The van der Waals surface area contributed by atoms with Crippen LogP contribution in [0.2, 0.25) is 0 Å². The highest BCUT2D eigenvalue weighted by atomic mass is 16.5. The molecule has 0 aliphatic carbocycles. The summed E-state index contributed by atoms with van der Waals surface area (Å²) >= 11 is 0. The molecule has 1 unspecified atom stereocenters. The van der Waals surface area contributed by atoms with Crippen molar-refractivity contribution in [3.05, 3.63) is 39.7 Å². The molecule has 1 atom stereocenters.